The second-order valence-electron chi connectivity index (χ2n) is 7.17. The van der Waals surface area contributed by atoms with Crippen molar-refractivity contribution in [2.45, 2.75) is 31.1 Å². The number of nitrogens with one attached hydrogen (secondary N) is 1. The largest absolute Gasteiger partial charge is 0.354 e. The molecule has 4 rings (SSSR count). The molecule has 1 saturated heterocycles. The third-order valence-electron chi connectivity index (χ3n) is 5.28. The van der Waals surface area contributed by atoms with Crippen LogP contribution < -0.4 is 10.2 Å². The smallest absolute Gasteiger partial charge is 0.268 e. The zero-order chi connectivity index (χ0) is 19.6. The number of piperazine rings is 1. The van der Waals surface area contributed by atoms with Crippen LogP contribution in [0.1, 0.15) is 25.3 Å². The van der Waals surface area contributed by atoms with Crippen molar-refractivity contribution in [3.05, 3.63) is 54.4 Å². The normalized spacial score (nSPS) is 15.2. The maximum Gasteiger partial charge on any atom is 0.268 e. The number of unbranched alkanes of at least 4 members (excludes halogenated alkanes) is 1. The summed E-state index contributed by atoms with van der Waals surface area (Å²) in [4.78, 5) is 7.05. The van der Waals surface area contributed by atoms with E-state index >= 15 is 0 Å². The maximum atomic E-state index is 13.2. The Balaban J connectivity index is 1.70. The standard InChI is InChI=1S/C21H26N4O2S/c1-2-3-4-17-5-7-18(8-6-17)28(26,27)25-14-10-19-20(25)9-11-23-21(19)24-15-12-22-13-16-24/h5-11,14,22H,2-4,12-13,15-16H2,1H3. The molecule has 0 bridgehead atoms. The molecule has 0 spiro atoms. The monoisotopic (exact) mass is 398 g/mol. The molecule has 3 heterocycles. The molecule has 1 aliphatic heterocycles. The molecule has 2 aromatic heterocycles. The Morgan fingerprint density at radius 2 is 1.82 bits per heavy atom. The molecule has 3 aromatic rings. The molecule has 0 amide bonds. The number of benzene rings is 1. The number of rotatable bonds is 6. The molecule has 6 nitrogen and oxygen atoms in total. The first-order valence-electron chi connectivity index (χ1n) is 9.87. The summed E-state index contributed by atoms with van der Waals surface area (Å²) in [6, 6.07) is 10.9. The van der Waals surface area contributed by atoms with Crippen molar-refractivity contribution in [1.29, 1.82) is 0 Å². The predicted molar refractivity (Wildman–Crippen MR) is 112 cm³/mol. The number of nitrogens with zero attached hydrogens (tertiary/aromatic N) is 3. The zero-order valence-corrected chi connectivity index (χ0v) is 17.0. The maximum absolute atomic E-state index is 13.2. The molecule has 0 aliphatic carbocycles. The van der Waals surface area contributed by atoms with Crippen LogP contribution in [0.2, 0.25) is 0 Å². The van der Waals surface area contributed by atoms with Crippen molar-refractivity contribution in [1.82, 2.24) is 14.3 Å². The van der Waals surface area contributed by atoms with E-state index in [1.165, 1.54) is 9.54 Å². The highest BCUT2D eigenvalue weighted by molar-refractivity contribution is 7.90. The summed E-state index contributed by atoms with van der Waals surface area (Å²) in [6.45, 7) is 5.69. The zero-order valence-electron chi connectivity index (χ0n) is 16.1. The van der Waals surface area contributed by atoms with E-state index in [1.54, 1.807) is 30.6 Å². The highest BCUT2D eigenvalue weighted by Gasteiger charge is 2.22. The van der Waals surface area contributed by atoms with Gasteiger partial charge in [0, 0.05) is 44.0 Å². The van der Waals surface area contributed by atoms with E-state index in [0.29, 0.717) is 10.4 Å². The van der Waals surface area contributed by atoms with E-state index in [0.717, 1.165) is 56.6 Å². The Kier molecular flexibility index (Phi) is 5.37. The van der Waals surface area contributed by atoms with Gasteiger partial charge in [0.25, 0.3) is 10.0 Å². The molecular formula is C21H26N4O2S. The molecule has 0 radical (unpaired) electrons. The summed E-state index contributed by atoms with van der Waals surface area (Å²) in [5.41, 5.74) is 1.84. The van der Waals surface area contributed by atoms with Gasteiger partial charge in [0.05, 0.1) is 10.4 Å². The third-order valence-corrected chi connectivity index (χ3v) is 6.98. The average Bonchev–Trinajstić information content (AvgIpc) is 3.18. The highest BCUT2D eigenvalue weighted by atomic mass is 32.2. The van der Waals surface area contributed by atoms with Gasteiger partial charge < -0.3 is 10.2 Å². The van der Waals surface area contributed by atoms with E-state index in [2.05, 4.69) is 22.1 Å². The van der Waals surface area contributed by atoms with Crippen LogP contribution in [-0.4, -0.2) is 43.6 Å². The van der Waals surface area contributed by atoms with Gasteiger partial charge in [-0.15, -0.1) is 0 Å². The summed E-state index contributed by atoms with van der Waals surface area (Å²) in [7, 11) is -3.65. The lowest BCUT2D eigenvalue weighted by molar-refractivity contribution is 0.586. The molecule has 7 heteroatoms. The molecule has 1 fully saturated rings. The molecule has 148 valence electrons. The van der Waals surface area contributed by atoms with Gasteiger partial charge in [0.1, 0.15) is 5.82 Å². The Morgan fingerprint density at radius 1 is 1.07 bits per heavy atom. The topological polar surface area (TPSA) is 67.2 Å². The van der Waals surface area contributed by atoms with E-state index in [9.17, 15) is 8.42 Å². The predicted octanol–water partition coefficient (Wildman–Crippen LogP) is 3.03. The first kappa shape index (κ1) is 19.0. The number of fused-ring (bicyclic) bond motifs is 1. The van der Waals surface area contributed by atoms with Crippen molar-refractivity contribution in [2.75, 3.05) is 31.1 Å². The summed E-state index contributed by atoms with van der Waals surface area (Å²) in [5.74, 6) is 0.850. The lowest BCUT2D eigenvalue weighted by Crippen LogP contribution is -2.43. The minimum absolute atomic E-state index is 0.311. The van der Waals surface area contributed by atoms with Gasteiger partial charge in [-0.25, -0.2) is 17.4 Å². The molecule has 0 atom stereocenters. The Labute approximate surface area is 166 Å². The number of aromatic nitrogens is 2. The molecule has 0 saturated carbocycles. The molecule has 1 aliphatic rings. The van der Waals surface area contributed by atoms with Crippen LogP contribution in [0.5, 0.6) is 0 Å². The summed E-state index contributed by atoms with van der Waals surface area (Å²) in [6.07, 6.45) is 6.54. The Morgan fingerprint density at radius 3 is 2.54 bits per heavy atom. The van der Waals surface area contributed by atoms with E-state index < -0.39 is 10.0 Å². The van der Waals surface area contributed by atoms with Gasteiger partial charge in [-0.1, -0.05) is 25.5 Å². The lowest BCUT2D eigenvalue weighted by Gasteiger charge is -2.28. The fourth-order valence-electron chi connectivity index (χ4n) is 3.69. The van der Waals surface area contributed by atoms with Gasteiger partial charge >= 0.3 is 0 Å². The number of pyridine rings is 1. The number of hydrogen-bond donors (Lipinski definition) is 1. The molecule has 28 heavy (non-hydrogen) atoms. The quantitative estimate of drug-likeness (QED) is 0.691. The number of hydrogen-bond acceptors (Lipinski definition) is 5. The highest BCUT2D eigenvalue weighted by Crippen LogP contribution is 2.28. The number of aryl methyl sites for hydroxylation is 1. The van der Waals surface area contributed by atoms with Crippen molar-refractivity contribution < 1.29 is 8.42 Å². The SMILES string of the molecule is CCCCc1ccc(S(=O)(=O)n2ccc3c(N4CCNCC4)nccc32)cc1. The minimum atomic E-state index is -3.65. The fourth-order valence-corrected chi connectivity index (χ4v) is 5.03. The molecule has 0 unspecified atom stereocenters. The van der Waals surface area contributed by atoms with Crippen LogP contribution in [-0.2, 0) is 16.4 Å². The van der Waals surface area contributed by atoms with E-state index in [-0.39, 0.29) is 0 Å². The summed E-state index contributed by atoms with van der Waals surface area (Å²) < 4.78 is 27.9. The van der Waals surface area contributed by atoms with Crippen LogP contribution >= 0.6 is 0 Å². The van der Waals surface area contributed by atoms with E-state index in [4.69, 9.17) is 0 Å². The van der Waals surface area contributed by atoms with Crippen LogP contribution in [0, 0.1) is 0 Å². The van der Waals surface area contributed by atoms with Gasteiger partial charge in [0.2, 0.25) is 0 Å². The van der Waals surface area contributed by atoms with Gasteiger partial charge in [-0.3, -0.25) is 0 Å². The molecule has 1 N–H and O–H groups in total. The lowest BCUT2D eigenvalue weighted by atomic mass is 10.1. The third kappa shape index (κ3) is 3.52. The second-order valence-corrected chi connectivity index (χ2v) is 8.98. The molecular weight excluding hydrogens is 372 g/mol. The minimum Gasteiger partial charge on any atom is -0.354 e. The first-order valence-corrected chi connectivity index (χ1v) is 11.3. The van der Waals surface area contributed by atoms with Crippen molar-refractivity contribution in [3.8, 4) is 0 Å². The van der Waals surface area contributed by atoms with Crippen LogP contribution in [0.3, 0.4) is 0 Å². The van der Waals surface area contributed by atoms with Crippen molar-refractivity contribution >= 4 is 26.7 Å². The van der Waals surface area contributed by atoms with Crippen LogP contribution in [0.25, 0.3) is 10.9 Å². The first-order chi connectivity index (χ1) is 13.6. The van der Waals surface area contributed by atoms with Crippen molar-refractivity contribution in [2.24, 2.45) is 0 Å². The van der Waals surface area contributed by atoms with E-state index in [1.807, 2.05) is 18.2 Å². The summed E-state index contributed by atoms with van der Waals surface area (Å²) in [5, 5.41) is 4.20. The van der Waals surface area contributed by atoms with Crippen LogP contribution in [0.4, 0.5) is 5.82 Å². The van der Waals surface area contributed by atoms with Gasteiger partial charge in [-0.05, 0) is 42.7 Å². The number of anilines is 1. The summed E-state index contributed by atoms with van der Waals surface area (Å²) >= 11 is 0. The second kappa shape index (κ2) is 7.93. The average molecular weight is 399 g/mol. The Bertz CT molecular complexity index is 1050. The molecule has 1 aromatic carbocycles. The van der Waals surface area contributed by atoms with Crippen molar-refractivity contribution in [3.63, 3.8) is 0 Å². The van der Waals surface area contributed by atoms with Gasteiger partial charge in [-0.2, -0.15) is 0 Å². The fraction of sp³-hybridized carbons (Fsp3) is 0.381. The van der Waals surface area contributed by atoms with Crippen LogP contribution in [0.15, 0.2) is 53.7 Å². The van der Waals surface area contributed by atoms with Gasteiger partial charge in [0.15, 0.2) is 0 Å². The Hall–Kier alpha value is -2.38.